The van der Waals surface area contributed by atoms with Gasteiger partial charge in [-0.05, 0) is 42.0 Å². The van der Waals surface area contributed by atoms with Crippen LogP contribution < -0.4 is 25.3 Å². The van der Waals surface area contributed by atoms with E-state index in [9.17, 15) is 25.2 Å². The van der Waals surface area contributed by atoms with Crippen molar-refractivity contribution in [3.8, 4) is 51.8 Å². The normalized spacial score (nSPS) is 10.5. The first kappa shape index (κ1) is 32.1. The molecule has 0 aliphatic rings. The van der Waals surface area contributed by atoms with Crippen molar-refractivity contribution in [2.24, 2.45) is 0 Å². The molecule has 0 aliphatic heterocycles. The molecule has 0 spiro atoms. The fourth-order valence-corrected chi connectivity index (χ4v) is 5.77. The number of carboxylic acids is 1. The molecule has 47 heavy (non-hydrogen) atoms. The molecule has 0 unspecified atom stereocenters. The Morgan fingerprint density at radius 3 is 2.15 bits per heavy atom. The number of hydrogen-bond donors (Lipinski definition) is 3. The Morgan fingerprint density at radius 1 is 0.894 bits per heavy atom. The number of benzene rings is 3. The van der Waals surface area contributed by atoms with Crippen molar-refractivity contribution in [1.29, 1.82) is 10.5 Å². The standard InChI is InChI=1S/C34H26N6O6S/c1-44-27-12-19(13-28(45-2)31(27)46-3)30-23(15-35)32(37)40-33(24(30)16-36)47-17-29(41)38-20-10-8-18(9-11-20)26-14-22(34(42)43)21-6-4-5-7-25(21)39-26/h4-14H,17H2,1-3H3,(H2,37,40)(H,38,41)(H,42,43). The highest BCUT2D eigenvalue weighted by Gasteiger charge is 2.24. The number of carbonyl (C=O) groups excluding carboxylic acids is 1. The number of nitrogen functional groups attached to an aromatic ring is 1. The van der Waals surface area contributed by atoms with Gasteiger partial charge in [0.15, 0.2) is 11.5 Å². The molecule has 0 saturated carbocycles. The van der Waals surface area contributed by atoms with Gasteiger partial charge in [-0.15, -0.1) is 0 Å². The number of nitrogens with one attached hydrogen (secondary N) is 1. The fourth-order valence-electron chi connectivity index (χ4n) is 4.97. The number of ether oxygens (including phenoxy) is 3. The van der Waals surface area contributed by atoms with Crippen LogP contribution in [0.3, 0.4) is 0 Å². The topological polar surface area (TPSA) is 193 Å². The van der Waals surface area contributed by atoms with Crippen LogP contribution in [0, 0.1) is 22.7 Å². The van der Waals surface area contributed by atoms with Crippen LogP contribution in [0.5, 0.6) is 17.2 Å². The predicted octanol–water partition coefficient (Wildman–Crippen LogP) is 5.74. The van der Waals surface area contributed by atoms with E-state index in [0.717, 1.165) is 11.8 Å². The lowest BCUT2D eigenvalue weighted by atomic mass is 9.96. The highest BCUT2D eigenvalue weighted by Crippen LogP contribution is 2.44. The number of aromatic carboxylic acids is 1. The van der Waals surface area contributed by atoms with Crippen molar-refractivity contribution in [3.05, 3.63) is 83.4 Å². The van der Waals surface area contributed by atoms with Crippen LogP contribution in [0.25, 0.3) is 33.3 Å². The minimum atomic E-state index is -1.06. The van der Waals surface area contributed by atoms with Gasteiger partial charge in [-0.3, -0.25) is 4.79 Å². The Labute approximate surface area is 273 Å². The van der Waals surface area contributed by atoms with Crippen molar-refractivity contribution in [2.45, 2.75) is 5.03 Å². The smallest absolute Gasteiger partial charge is 0.336 e. The lowest BCUT2D eigenvalue weighted by molar-refractivity contribution is -0.113. The monoisotopic (exact) mass is 646 g/mol. The van der Waals surface area contributed by atoms with Gasteiger partial charge < -0.3 is 30.4 Å². The first-order valence-corrected chi connectivity index (χ1v) is 14.8. The van der Waals surface area contributed by atoms with Crippen molar-refractivity contribution in [1.82, 2.24) is 9.97 Å². The summed E-state index contributed by atoms with van der Waals surface area (Å²) >= 11 is 0.986. The third-order valence-corrected chi connectivity index (χ3v) is 8.10. The Balaban J connectivity index is 1.38. The molecule has 3 aromatic carbocycles. The van der Waals surface area contributed by atoms with Gasteiger partial charge in [-0.2, -0.15) is 10.5 Å². The molecule has 1 amide bonds. The van der Waals surface area contributed by atoms with Crippen LogP contribution in [0.15, 0.2) is 71.8 Å². The molecule has 5 rings (SSSR count). The van der Waals surface area contributed by atoms with E-state index >= 15 is 0 Å². The average molecular weight is 647 g/mol. The molecule has 12 nitrogen and oxygen atoms in total. The molecule has 0 bridgehead atoms. The molecule has 0 radical (unpaired) electrons. The number of carbonyl (C=O) groups is 2. The van der Waals surface area contributed by atoms with Crippen LogP contribution in [0.4, 0.5) is 11.5 Å². The van der Waals surface area contributed by atoms with E-state index in [-0.39, 0.29) is 44.8 Å². The Hall–Kier alpha value is -6.31. The molecule has 0 atom stereocenters. The van der Waals surface area contributed by atoms with Crippen LogP contribution in [-0.4, -0.2) is 54.0 Å². The number of methoxy groups -OCH3 is 3. The summed E-state index contributed by atoms with van der Waals surface area (Å²) in [6.45, 7) is 0. The van der Waals surface area contributed by atoms with E-state index in [1.165, 1.54) is 27.4 Å². The number of nitrogens with two attached hydrogens (primary N) is 1. The third-order valence-electron chi connectivity index (χ3n) is 7.12. The van der Waals surface area contributed by atoms with Gasteiger partial charge in [0, 0.05) is 22.2 Å². The van der Waals surface area contributed by atoms with E-state index in [4.69, 9.17) is 19.9 Å². The van der Waals surface area contributed by atoms with Crippen LogP contribution in [0.1, 0.15) is 21.5 Å². The van der Waals surface area contributed by atoms with Gasteiger partial charge in [0.2, 0.25) is 11.7 Å². The number of para-hydroxylation sites is 1. The summed E-state index contributed by atoms with van der Waals surface area (Å²) < 4.78 is 16.3. The Morgan fingerprint density at radius 2 is 1.55 bits per heavy atom. The number of anilines is 2. The average Bonchev–Trinajstić information content (AvgIpc) is 3.09. The molecular weight excluding hydrogens is 620 g/mol. The molecule has 5 aromatic rings. The van der Waals surface area contributed by atoms with E-state index in [1.807, 2.05) is 6.07 Å². The van der Waals surface area contributed by atoms with Gasteiger partial charge in [-0.25, -0.2) is 14.8 Å². The van der Waals surface area contributed by atoms with E-state index in [2.05, 4.69) is 21.4 Å². The van der Waals surface area contributed by atoms with Gasteiger partial charge in [0.25, 0.3) is 0 Å². The van der Waals surface area contributed by atoms with Crippen molar-refractivity contribution in [3.63, 3.8) is 0 Å². The van der Waals surface area contributed by atoms with Gasteiger partial charge in [0.1, 0.15) is 28.5 Å². The number of pyridine rings is 2. The molecule has 0 fully saturated rings. The summed E-state index contributed by atoms with van der Waals surface area (Å²) in [6, 6.07) is 22.7. The number of carboxylic acid groups (broad SMARTS) is 1. The Kier molecular flexibility index (Phi) is 9.40. The van der Waals surface area contributed by atoms with E-state index < -0.39 is 5.97 Å². The van der Waals surface area contributed by atoms with Gasteiger partial charge in [-0.1, -0.05) is 42.1 Å². The zero-order valence-electron chi connectivity index (χ0n) is 25.3. The van der Waals surface area contributed by atoms with Crippen molar-refractivity contribution < 1.29 is 28.9 Å². The molecule has 2 aromatic heterocycles. The zero-order chi connectivity index (χ0) is 33.7. The number of nitrogens with zero attached hydrogens (tertiary/aromatic N) is 4. The number of hydrogen-bond acceptors (Lipinski definition) is 11. The summed E-state index contributed by atoms with van der Waals surface area (Å²) in [5.74, 6) is -0.732. The number of amides is 1. The number of fused-ring (bicyclic) bond motifs is 1. The van der Waals surface area contributed by atoms with Crippen LogP contribution >= 0.6 is 11.8 Å². The largest absolute Gasteiger partial charge is 0.493 e. The second-order valence-corrected chi connectivity index (χ2v) is 10.8. The molecular formula is C34H26N6O6S. The summed E-state index contributed by atoms with van der Waals surface area (Å²) in [5.41, 5.74) is 9.15. The fraction of sp³-hybridized carbons (Fsp3) is 0.118. The predicted molar refractivity (Wildman–Crippen MR) is 177 cm³/mol. The summed E-state index contributed by atoms with van der Waals surface area (Å²) in [4.78, 5) is 33.7. The second kappa shape index (κ2) is 13.8. The zero-order valence-corrected chi connectivity index (χ0v) is 26.1. The maximum Gasteiger partial charge on any atom is 0.336 e. The number of nitriles is 2. The first-order valence-electron chi connectivity index (χ1n) is 13.8. The van der Waals surface area contributed by atoms with E-state index in [1.54, 1.807) is 60.7 Å². The molecule has 0 aliphatic carbocycles. The SMILES string of the molecule is COc1cc(-c2c(C#N)c(N)nc(SCC(=O)Nc3ccc(-c4cc(C(=O)O)c5ccccc5n4)cc3)c2C#N)cc(OC)c1OC. The minimum Gasteiger partial charge on any atom is -0.493 e. The van der Waals surface area contributed by atoms with Crippen molar-refractivity contribution in [2.75, 3.05) is 38.1 Å². The highest BCUT2D eigenvalue weighted by molar-refractivity contribution is 8.00. The maximum atomic E-state index is 13.0. The molecule has 13 heteroatoms. The minimum absolute atomic E-state index is 0.0129. The quantitative estimate of drug-likeness (QED) is 0.156. The highest BCUT2D eigenvalue weighted by atomic mass is 32.2. The molecule has 4 N–H and O–H groups in total. The lowest BCUT2D eigenvalue weighted by Crippen LogP contribution is -2.14. The number of thioether (sulfide) groups is 1. The molecule has 2 heterocycles. The van der Waals surface area contributed by atoms with E-state index in [0.29, 0.717) is 50.7 Å². The number of rotatable bonds is 10. The summed E-state index contributed by atoms with van der Waals surface area (Å²) in [7, 11) is 4.35. The number of aromatic nitrogens is 2. The maximum absolute atomic E-state index is 13.0. The third kappa shape index (κ3) is 6.42. The molecule has 234 valence electrons. The van der Waals surface area contributed by atoms with Gasteiger partial charge >= 0.3 is 5.97 Å². The first-order chi connectivity index (χ1) is 22.7. The van der Waals surface area contributed by atoms with Crippen LogP contribution in [0.2, 0.25) is 0 Å². The summed E-state index contributed by atoms with van der Waals surface area (Å²) in [5, 5.41) is 33.3. The van der Waals surface area contributed by atoms with Crippen LogP contribution in [-0.2, 0) is 4.79 Å². The molecule has 0 saturated heterocycles. The Bertz CT molecular complexity index is 2100. The van der Waals surface area contributed by atoms with Crippen molar-refractivity contribution >= 4 is 46.0 Å². The summed E-state index contributed by atoms with van der Waals surface area (Å²) in [6.07, 6.45) is 0. The lowest BCUT2D eigenvalue weighted by Gasteiger charge is -2.17. The van der Waals surface area contributed by atoms with Gasteiger partial charge in [0.05, 0.1) is 49.4 Å². The second-order valence-electron chi connectivity index (χ2n) is 9.86.